The maximum Gasteiger partial charge on any atom is 0.409 e. The summed E-state index contributed by atoms with van der Waals surface area (Å²) in [6.45, 7) is 1.32. The van der Waals surface area contributed by atoms with Gasteiger partial charge in [-0.3, -0.25) is 4.99 Å². The van der Waals surface area contributed by atoms with E-state index in [1.165, 1.54) is 7.11 Å². The highest BCUT2D eigenvalue weighted by Crippen LogP contribution is 2.12. The van der Waals surface area contributed by atoms with Gasteiger partial charge in [-0.25, -0.2) is 13.6 Å². The van der Waals surface area contributed by atoms with Crippen molar-refractivity contribution in [3.05, 3.63) is 35.4 Å². The number of carbonyl (C=O) groups is 1. The first-order valence-corrected chi connectivity index (χ1v) is 7.77. The molecule has 140 valence electrons. The third-order valence-electron chi connectivity index (χ3n) is 3.95. The summed E-state index contributed by atoms with van der Waals surface area (Å²) in [6.07, 6.45) is 1.19. The lowest BCUT2D eigenvalue weighted by atomic mass is 10.1. The van der Waals surface area contributed by atoms with Gasteiger partial charge in [0.15, 0.2) is 5.96 Å². The zero-order chi connectivity index (χ0) is 17.5. The number of amides is 1. The van der Waals surface area contributed by atoms with E-state index in [0.717, 1.165) is 31.0 Å². The molecular weight excluding hydrogens is 445 g/mol. The Morgan fingerprint density at radius 3 is 2.64 bits per heavy atom. The van der Waals surface area contributed by atoms with E-state index in [1.54, 1.807) is 11.9 Å². The maximum atomic E-state index is 13.6. The number of nitrogens with one attached hydrogen (secondary N) is 2. The van der Waals surface area contributed by atoms with E-state index in [-0.39, 0.29) is 48.2 Å². The van der Waals surface area contributed by atoms with Gasteiger partial charge >= 0.3 is 6.09 Å². The van der Waals surface area contributed by atoms with Crippen LogP contribution in [-0.2, 0) is 11.3 Å². The van der Waals surface area contributed by atoms with Crippen LogP contribution in [-0.4, -0.2) is 50.2 Å². The number of nitrogens with zero attached hydrogens (tertiary/aromatic N) is 2. The molecule has 0 saturated carbocycles. The van der Waals surface area contributed by atoms with E-state index >= 15 is 0 Å². The molecule has 0 radical (unpaired) electrons. The standard InChI is InChI=1S/C16H22F2N4O2.HI/c1-19-15(20-10-11-9-12(17)3-4-14(11)18)21-13-5-7-22(8-6-13)16(23)24-2;/h3-4,9,13H,5-8,10H2,1-2H3,(H2,19,20,21);1H. The molecule has 0 aromatic heterocycles. The van der Waals surface area contributed by atoms with Crippen molar-refractivity contribution < 1.29 is 18.3 Å². The number of hydrogen-bond donors (Lipinski definition) is 2. The van der Waals surface area contributed by atoms with Crippen molar-refractivity contribution in [1.29, 1.82) is 0 Å². The van der Waals surface area contributed by atoms with E-state index in [4.69, 9.17) is 4.74 Å². The highest BCUT2D eigenvalue weighted by Gasteiger charge is 2.23. The van der Waals surface area contributed by atoms with Crippen LogP contribution in [0.3, 0.4) is 0 Å². The highest BCUT2D eigenvalue weighted by atomic mass is 127. The summed E-state index contributed by atoms with van der Waals surface area (Å²) in [4.78, 5) is 17.2. The van der Waals surface area contributed by atoms with Crippen LogP contribution in [0.1, 0.15) is 18.4 Å². The molecule has 1 aromatic rings. The van der Waals surface area contributed by atoms with E-state index in [1.807, 2.05) is 0 Å². The number of carbonyl (C=O) groups excluding carboxylic acids is 1. The topological polar surface area (TPSA) is 66.0 Å². The molecule has 1 amide bonds. The summed E-state index contributed by atoms with van der Waals surface area (Å²) in [6, 6.07) is 3.49. The molecule has 1 saturated heterocycles. The normalized spacial score (nSPS) is 15.4. The molecule has 0 unspecified atom stereocenters. The van der Waals surface area contributed by atoms with Crippen LogP contribution in [0.15, 0.2) is 23.2 Å². The molecule has 2 rings (SSSR count). The summed E-state index contributed by atoms with van der Waals surface area (Å²) in [5.74, 6) is -0.438. The number of ether oxygens (including phenoxy) is 1. The van der Waals surface area contributed by atoms with Crippen LogP contribution < -0.4 is 10.6 Å². The van der Waals surface area contributed by atoms with Crippen molar-refractivity contribution in [3.8, 4) is 0 Å². The number of benzene rings is 1. The van der Waals surface area contributed by atoms with Gasteiger partial charge < -0.3 is 20.3 Å². The Morgan fingerprint density at radius 2 is 2.04 bits per heavy atom. The second-order valence-electron chi connectivity index (χ2n) is 5.54. The van der Waals surface area contributed by atoms with Crippen LogP contribution in [0.5, 0.6) is 0 Å². The lowest BCUT2D eigenvalue weighted by Crippen LogP contribution is -2.49. The zero-order valence-corrected chi connectivity index (χ0v) is 16.6. The Hall–Kier alpha value is -1.65. The van der Waals surface area contributed by atoms with Crippen LogP contribution in [0.25, 0.3) is 0 Å². The fourth-order valence-electron chi connectivity index (χ4n) is 2.58. The number of guanidine groups is 1. The Bertz CT molecular complexity index is 608. The number of halogens is 3. The maximum absolute atomic E-state index is 13.6. The average molecular weight is 468 g/mol. The number of aliphatic imine (C=N–C) groups is 1. The van der Waals surface area contributed by atoms with Gasteiger partial charge in [-0.1, -0.05) is 0 Å². The van der Waals surface area contributed by atoms with Gasteiger partial charge in [0.25, 0.3) is 0 Å². The van der Waals surface area contributed by atoms with E-state index in [9.17, 15) is 13.6 Å². The molecule has 1 aliphatic heterocycles. The van der Waals surface area contributed by atoms with Crippen LogP contribution in [0, 0.1) is 11.6 Å². The Labute approximate surface area is 163 Å². The minimum Gasteiger partial charge on any atom is -0.453 e. The van der Waals surface area contributed by atoms with Crippen molar-refractivity contribution >= 4 is 36.0 Å². The van der Waals surface area contributed by atoms with Crippen molar-refractivity contribution in [2.75, 3.05) is 27.2 Å². The van der Waals surface area contributed by atoms with Gasteiger partial charge in [-0.05, 0) is 31.0 Å². The molecule has 6 nitrogen and oxygen atoms in total. The van der Waals surface area contributed by atoms with Gasteiger partial charge in [0.2, 0.25) is 0 Å². The lowest BCUT2D eigenvalue weighted by Gasteiger charge is -2.32. The Balaban J connectivity index is 0.00000312. The quantitative estimate of drug-likeness (QED) is 0.407. The van der Waals surface area contributed by atoms with Crippen LogP contribution in [0.4, 0.5) is 13.6 Å². The minimum absolute atomic E-state index is 0. The van der Waals surface area contributed by atoms with E-state index < -0.39 is 11.6 Å². The number of methoxy groups -OCH3 is 1. The summed E-state index contributed by atoms with van der Waals surface area (Å²) < 4.78 is 31.5. The molecule has 1 aromatic carbocycles. The molecule has 1 aliphatic rings. The van der Waals surface area contributed by atoms with E-state index in [2.05, 4.69) is 15.6 Å². The van der Waals surface area contributed by atoms with E-state index in [0.29, 0.717) is 19.0 Å². The fraction of sp³-hybridized carbons (Fsp3) is 0.500. The molecular formula is C16H23F2IN4O2. The smallest absolute Gasteiger partial charge is 0.409 e. The van der Waals surface area contributed by atoms with Crippen LogP contribution in [0.2, 0.25) is 0 Å². The molecule has 1 fully saturated rings. The third-order valence-corrected chi connectivity index (χ3v) is 3.95. The molecule has 0 atom stereocenters. The predicted octanol–water partition coefficient (Wildman–Crippen LogP) is 2.48. The monoisotopic (exact) mass is 468 g/mol. The van der Waals surface area contributed by atoms with Crippen LogP contribution >= 0.6 is 24.0 Å². The fourth-order valence-corrected chi connectivity index (χ4v) is 2.58. The zero-order valence-electron chi connectivity index (χ0n) is 14.2. The van der Waals surface area contributed by atoms with Gasteiger partial charge in [-0.15, -0.1) is 24.0 Å². The molecule has 0 spiro atoms. The van der Waals surface area contributed by atoms with Crippen molar-refractivity contribution in [2.24, 2.45) is 4.99 Å². The van der Waals surface area contributed by atoms with Crippen molar-refractivity contribution in [3.63, 3.8) is 0 Å². The Morgan fingerprint density at radius 1 is 1.36 bits per heavy atom. The summed E-state index contributed by atoms with van der Waals surface area (Å²) >= 11 is 0. The molecule has 1 heterocycles. The predicted molar refractivity (Wildman–Crippen MR) is 102 cm³/mol. The van der Waals surface area contributed by atoms with Crippen molar-refractivity contribution in [2.45, 2.75) is 25.4 Å². The van der Waals surface area contributed by atoms with Crippen molar-refractivity contribution in [1.82, 2.24) is 15.5 Å². The molecule has 9 heteroatoms. The minimum atomic E-state index is -0.480. The number of hydrogen-bond acceptors (Lipinski definition) is 3. The number of piperidine rings is 1. The second kappa shape index (κ2) is 10.4. The number of likely N-dealkylation sites (tertiary alicyclic amines) is 1. The number of rotatable bonds is 3. The van der Waals surface area contributed by atoms with Gasteiger partial charge in [0, 0.05) is 38.3 Å². The first-order valence-electron chi connectivity index (χ1n) is 7.77. The third kappa shape index (κ3) is 6.29. The second-order valence-corrected chi connectivity index (χ2v) is 5.54. The summed E-state index contributed by atoms with van der Waals surface area (Å²) in [5.41, 5.74) is 0.235. The van der Waals surface area contributed by atoms with Gasteiger partial charge in [-0.2, -0.15) is 0 Å². The lowest BCUT2D eigenvalue weighted by molar-refractivity contribution is 0.111. The molecule has 0 bridgehead atoms. The first kappa shape index (κ1) is 21.4. The summed E-state index contributed by atoms with van der Waals surface area (Å²) in [5, 5.41) is 6.20. The first-order chi connectivity index (χ1) is 11.5. The molecule has 25 heavy (non-hydrogen) atoms. The van der Waals surface area contributed by atoms with Gasteiger partial charge in [0.1, 0.15) is 11.6 Å². The van der Waals surface area contributed by atoms with Gasteiger partial charge in [0.05, 0.1) is 7.11 Å². The average Bonchev–Trinajstić information content (AvgIpc) is 2.61. The Kier molecular flexibility index (Phi) is 8.87. The SMILES string of the molecule is CN=C(NCc1cc(F)ccc1F)NC1CCN(C(=O)OC)CC1.I. The molecule has 0 aliphatic carbocycles. The summed E-state index contributed by atoms with van der Waals surface area (Å²) in [7, 11) is 2.98. The molecule has 2 N–H and O–H groups in total. The largest absolute Gasteiger partial charge is 0.453 e. The highest BCUT2D eigenvalue weighted by molar-refractivity contribution is 14.0.